The van der Waals surface area contributed by atoms with Gasteiger partial charge in [0, 0.05) is 17.8 Å². The molecule has 3 rings (SSSR count). The molecule has 0 bridgehead atoms. The van der Waals surface area contributed by atoms with Crippen LogP contribution in [-0.2, 0) is 11.3 Å². The summed E-state index contributed by atoms with van der Waals surface area (Å²) in [6.07, 6.45) is 8.43. The van der Waals surface area contributed by atoms with E-state index in [4.69, 9.17) is 0 Å². The van der Waals surface area contributed by atoms with Crippen LogP contribution in [0.3, 0.4) is 0 Å². The molecule has 0 unspecified atom stereocenters. The van der Waals surface area contributed by atoms with Crippen molar-refractivity contribution in [3.63, 3.8) is 0 Å². The van der Waals surface area contributed by atoms with E-state index < -0.39 is 0 Å². The largest absolute Gasteiger partial charge is 0.353 e. The normalized spacial score (nSPS) is 16.4. The molecule has 4 heteroatoms. The van der Waals surface area contributed by atoms with Crippen LogP contribution >= 0.6 is 0 Å². The first-order chi connectivity index (χ1) is 9.83. The summed E-state index contributed by atoms with van der Waals surface area (Å²) >= 11 is 0. The Bertz CT molecular complexity index is 584. The van der Waals surface area contributed by atoms with E-state index in [9.17, 15) is 4.79 Å². The van der Waals surface area contributed by atoms with Crippen molar-refractivity contribution in [1.82, 2.24) is 15.1 Å². The van der Waals surface area contributed by atoms with E-state index in [0.717, 1.165) is 23.7 Å². The molecular formula is C16H21N3O. The van der Waals surface area contributed by atoms with Crippen LogP contribution in [0.2, 0.25) is 0 Å². The third-order valence-electron chi connectivity index (χ3n) is 4.07. The first-order valence-corrected chi connectivity index (χ1v) is 7.53. The number of aromatic nitrogens is 2. The van der Waals surface area contributed by atoms with Crippen molar-refractivity contribution in [2.75, 3.05) is 0 Å². The summed E-state index contributed by atoms with van der Waals surface area (Å²) in [7, 11) is 0. The minimum Gasteiger partial charge on any atom is -0.353 e. The second kappa shape index (κ2) is 6.07. The highest BCUT2D eigenvalue weighted by Crippen LogP contribution is 2.17. The van der Waals surface area contributed by atoms with Gasteiger partial charge in [-0.05, 0) is 18.9 Å². The van der Waals surface area contributed by atoms with Crippen LogP contribution in [0.15, 0.2) is 30.5 Å². The van der Waals surface area contributed by atoms with E-state index in [-0.39, 0.29) is 5.91 Å². The lowest BCUT2D eigenvalue weighted by Crippen LogP contribution is -2.36. The first kappa shape index (κ1) is 13.2. The Morgan fingerprint density at radius 3 is 2.90 bits per heavy atom. The van der Waals surface area contributed by atoms with Crippen molar-refractivity contribution in [3.8, 4) is 0 Å². The number of hydrogen-bond donors (Lipinski definition) is 1. The van der Waals surface area contributed by atoms with Crippen molar-refractivity contribution < 1.29 is 4.79 Å². The lowest BCUT2D eigenvalue weighted by Gasteiger charge is -2.22. The molecule has 1 N–H and O–H groups in total. The van der Waals surface area contributed by atoms with Gasteiger partial charge in [0.15, 0.2) is 0 Å². The number of aryl methyl sites for hydroxylation is 1. The van der Waals surface area contributed by atoms with Crippen LogP contribution in [0.4, 0.5) is 0 Å². The Hall–Kier alpha value is -1.84. The summed E-state index contributed by atoms with van der Waals surface area (Å²) in [6.45, 7) is 0.645. The Morgan fingerprint density at radius 1 is 1.25 bits per heavy atom. The van der Waals surface area contributed by atoms with Crippen molar-refractivity contribution in [3.05, 3.63) is 30.5 Å². The molecule has 0 saturated heterocycles. The van der Waals surface area contributed by atoms with E-state index in [1.54, 1.807) is 0 Å². The molecule has 1 heterocycles. The summed E-state index contributed by atoms with van der Waals surface area (Å²) in [6, 6.07) is 8.49. The summed E-state index contributed by atoms with van der Waals surface area (Å²) < 4.78 is 1.91. The molecule has 1 aromatic carbocycles. The van der Waals surface area contributed by atoms with Crippen molar-refractivity contribution >= 4 is 16.8 Å². The highest BCUT2D eigenvalue weighted by molar-refractivity contribution is 5.79. The zero-order valence-corrected chi connectivity index (χ0v) is 11.7. The van der Waals surface area contributed by atoms with Gasteiger partial charge in [-0.2, -0.15) is 5.10 Å². The van der Waals surface area contributed by atoms with E-state index in [1.165, 1.54) is 19.3 Å². The molecule has 1 aliphatic rings. The lowest BCUT2D eigenvalue weighted by molar-refractivity contribution is -0.122. The fourth-order valence-corrected chi connectivity index (χ4v) is 2.96. The molecule has 0 spiro atoms. The molecule has 0 aliphatic heterocycles. The minimum atomic E-state index is 0.150. The summed E-state index contributed by atoms with van der Waals surface area (Å²) in [4.78, 5) is 12.0. The number of hydrogen-bond acceptors (Lipinski definition) is 2. The Kier molecular flexibility index (Phi) is 4.00. The number of benzene rings is 1. The number of para-hydroxylation sites is 1. The molecule has 1 saturated carbocycles. The standard InChI is InChI=1S/C16H21N3O/c20-16(18-14-7-2-1-3-8-14)10-11-19-15-9-5-4-6-13(15)12-17-19/h4-6,9,12,14H,1-3,7-8,10-11H2,(H,18,20). The number of nitrogens with zero attached hydrogens (tertiary/aromatic N) is 2. The monoisotopic (exact) mass is 271 g/mol. The van der Waals surface area contributed by atoms with Crippen LogP contribution in [0, 0.1) is 0 Å². The lowest BCUT2D eigenvalue weighted by atomic mass is 9.95. The fourth-order valence-electron chi connectivity index (χ4n) is 2.96. The van der Waals surface area contributed by atoms with Crippen molar-refractivity contribution in [2.45, 2.75) is 51.1 Å². The van der Waals surface area contributed by atoms with E-state index in [2.05, 4.69) is 10.4 Å². The van der Waals surface area contributed by atoms with E-state index >= 15 is 0 Å². The molecular weight excluding hydrogens is 250 g/mol. The van der Waals surface area contributed by atoms with Crippen molar-refractivity contribution in [2.24, 2.45) is 0 Å². The zero-order valence-electron chi connectivity index (χ0n) is 11.7. The number of carbonyl (C=O) groups excluding carboxylic acids is 1. The molecule has 1 aliphatic carbocycles. The molecule has 1 aromatic heterocycles. The number of nitrogens with one attached hydrogen (secondary N) is 1. The molecule has 2 aromatic rings. The van der Waals surface area contributed by atoms with Gasteiger partial charge in [-0.15, -0.1) is 0 Å². The van der Waals surface area contributed by atoms with Crippen molar-refractivity contribution in [1.29, 1.82) is 0 Å². The summed E-state index contributed by atoms with van der Waals surface area (Å²) in [5.41, 5.74) is 1.10. The van der Waals surface area contributed by atoms with Gasteiger partial charge < -0.3 is 5.32 Å². The van der Waals surface area contributed by atoms with Gasteiger partial charge >= 0.3 is 0 Å². The summed E-state index contributed by atoms with van der Waals surface area (Å²) in [5.74, 6) is 0.150. The van der Waals surface area contributed by atoms with Crippen LogP contribution in [0.1, 0.15) is 38.5 Å². The maximum Gasteiger partial charge on any atom is 0.222 e. The quantitative estimate of drug-likeness (QED) is 0.929. The smallest absolute Gasteiger partial charge is 0.222 e. The van der Waals surface area contributed by atoms with E-state index in [1.807, 2.05) is 35.1 Å². The highest BCUT2D eigenvalue weighted by atomic mass is 16.1. The molecule has 1 amide bonds. The maximum atomic E-state index is 12.0. The van der Waals surface area contributed by atoms with Crippen LogP contribution in [-0.4, -0.2) is 21.7 Å². The molecule has 4 nitrogen and oxygen atoms in total. The topological polar surface area (TPSA) is 46.9 Å². The zero-order chi connectivity index (χ0) is 13.8. The van der Waals surface area contributed by atoms with Crippen LogP contribution < -0.4 is 5.32 Å². The van der Waals surface area contributed by atoms with Gasteiger partial charge in [0.25, 0.3) is 0 Å². The van der Waals surface area contributed by atoms with Gasteiger partial charge in [-0.1, -0.05) is 37.5 Å². The van der Waals surface area contributed by atoms with E-state index in [0.29, 0.717) is 19.0 Å². The van der Waals surface area contributed by atoms with Gasteiger partial charge in [0.2, 0.25) is 5.91 Å². The molecule has 0 atom stereocenters. The van der Waals surface area contributed by atoms with Gasteiger partial charge in [-0.25, -0.2) is 0 Å². The second-order valence-corrected chi connectivity index (χ2v) is 5.58. The average molecular weight is 271 g/mol. The SMILES string of the molecule is O=C(CCn1ncc2ccccc21)NC1CCCCC1. The third kappa shape index (κ3) is 3.00. The first-order valence-electron chi connectivity index (χ1n) is 7.53. The molecule has 20 heavy (non-hydrogen) atoms. The number of amides is 1. The fraction of sp³-hybridized carbons (Fsp3) is 0.500. The average Bonchev–Trinajstić information content (AvgIpc) is 2.89. The maximum absolute atomic E-state index is 12.0. The summed E-state index contributed by atoms with van der Waals surface area (Å²) in [5, 5.41) is 8.63. The van der Waals surface area contributed by atoms with Crippen LogP contribution in [0.25, 0.3) is 10.9 Å². The highest BCUT2D eigenvalue weighted by Gasteiger charge is 2.15. The Labute approximate surface area is 119 Å². The molecule has 1 fully saturated rings. The third-order valence-corrected chi connectivity index (χ3v) is 4.07. The molecule has 106 valence electrons. The second-order valence-electron chi connectivity index (χ2n) is 5.58. The number of fused-ring (bicyclic) bond motifs is 1. The van der Waals surface area contributed by atoms with Gasteiger partial charge in [0.1, 0.15) is 0 Å². The predicted octanol–water partition coefficient (Wildman–Crippen LogP) is 2.88. The Balaban J connectivity index is 1.54. The van der Waals surface area contributed by atoms with Crippen LogP contribution in [0.5, 0.6) is 0 Å². The Morgan fingerprint density at radius 2 is 2.05 bits per heavy atom. The number of carbonyl (C=O) groups is 1. The number of rotatable bonds is 4. The van der Waals surface area contributed by atoms with Gasteiger partial charge in [0.05, 0.1) is 18.3 Å². The van der Waals surface area contributed by atoms with Gasteiger partial charge in [-0.3, -0.25) is 9.48 Å². The minimum absolute atomic E-state index is 0.150. The predicted molar refractivity (Wildman–Crippen MR) is 79.4 cm³/mol. The molecule has 0 radical (unpaired) electrons.